The molecule has 5 heteroatoms. The first-order valence-electron chi connectivity index (χ1n) is 7.02. The Hall–Kier alpha value is -1.25. The highest BCUT2D eigenvalue weighted by Gasteiger charge is 2.25. The monoisotopic (exact) mass is 336 g/mol. The van der Waals surface area contributed by atoms with Crippen LogP contribution in [-0.2, 0) is 0 Å². The van der Waals surface area contributed by atoms with Crippen LogP contribution < -0.4 is 9.47 Å². The molecule has 0 bridgehead atoms. The van der Waals surface area contributed by atoms with Crippen molar-refractivity contribution in [1.82, 2.24) is 4.90 Å². The predicted octanol–water partition coefficient (Wildman–Crippen LogP) is 3.62. The number of fused-ring (bicyclic) bond motifs is 1. The van der Waals surface area contributed by atoms with Crippen LogP contribution in [0.4, 0.5) is 0 Å². The van der Waals surface area contributed by atoms with Crippen LogP contribution in [0.25, 0.3) is 0 Å². The average Bonchev–Trinajstić information content (AvgIpc) is 2.76. The van der Waals surface area contributed by atoms with Gasteiger partial charge in [0.1, 0.15) is 6.04 Å². The summed E-state index contributed by atoms with van der Waals surface area (Å²) in [5, 5.41) is 9.58. The van der Waals surface area contributed by atoms with Gasteiger partial charge in [0.05, 0.1) is 10.5 Å². The normalized spacial score (nSPS) is 20.2. The van der Waals surface area contributed by atoms with Crippen LogP contribution in [0.5, 0.6) is 11.5 Å². The first-order valence-corrected chi connectivity index (χ1v) is 7.81. The molecule has 4 nitrogen and oxygen atoms in total. The second kappa shape index (κ2) is 6.02. The Bertz CT molecular complexity index is 533. The van der Waals surface area contributed by atoms with Gasteiger partial charge in [0.25, 0.3) is 0 Å². The minimum absolute atomic E-state index is 0.209. The fraction of sp³-hybridized carbons (Fsp3) is 0.533. The van der Waals surface area contributed by atoms with Gasteiger partial charge in [-0.05, 0) is 59.6 Å². The Morgan fingerprint density at radius 3 is 2.60 bits per heavy atom. The summed E-state index contributed by atoms with van der Waals surface area (Å²) >= 11 is 3.50. The SMILES string of the molecule is N#CC(c1cc(Br)c2c(c1)OCO2)N1CCCCCC1. The van der Waals surface area contributed by atoms with Gasteiger partial charge in [-0.25, -0.2) is 0 Å². The molecular formula is C15H17BrN2O2. The molecular weight excluding hydrogens is 320 g/mol. The summed E-state index contributed by atoms with van der Waals surface area (Å²) in [5.41, 5.74) is 0.977. The van der Waals surface area contributed by atoms with Gasteiger partial charge < -0.3 is 9.47 Å². The van der Waals surface area contributed by atoms with E-state index in [0.29, 0.717) is 0 Å². The van der Waals surface area contributed by atoms with Gasteiger partial charge in [0.2, 0.25) is 6.79 Å². The second-order valence-corrected chi connectivity index (χ2v) is 6.07. The highest BCUT2D eigenvalue weighted by Crippen LogP contribution is 2.42. The van der Waals surface area contributed by atoms with Crippen LogP contribution in [0, 0.1) is 11.3 Å². The molecule has 0 N–H and O–H groups in total. The first kappa shape index (κ1) is 13.7. The van der Waals surface area contributed by atoms with Crippen molar-refractivity contribution in [1.29, 1.82) is 5.26 Å². The second-order valence-electron chi connectivity index (χ2n) is 5.22. The van der Waals surface area contributed by atoms with Gasteiger partial charge in [-0.1, -0.05) is 12.8 Å². The minimum atomic E-state index is -0.209. The fourth-order valence-corrected chi connectivity index (χ4v) is 3.44. The molecule has 0 radical (unpaired) electrons. The standard InChI is InChI=1S/C15H17BrN2O2/c16-12-7-11(8-14-15(12)20-10-19-14)13(9-17)18-5-3-1-2-4-6-18/h7-8,13H,1-6,10H2. The highest BCUT2D eigenvalue weighted by atomic mass is 79.9. The maximum absolute atomic E-state index is 9.58. The highest BCUT2D eigenvalue weighted by molar-refractivity contribution is 9.10. The molecule has 1 aromatic rings. The molecule has 2 aliphatic rings. The molecule has 1 unspecified atom stereocenters. The van der Waals surface area contributed by atoms with Crippen LogP contribution in [0.1, 0.15) is 37.3 Å². The third-order valence-corrected chi connectivity index (χ3v) is 4.48. The Kier molecular flexibility index (Phi) is 4.13. The molecule has 0 spiro atoms. The number of nitrogens with zero attached hydrogens (tertiary/aromatic N) is 2. The molecule has 1 fully saturated rings. The van der Waals surface area contributed by atoms with Crippen molar-refractivity contribution in [2.75, 3.05) is 19.9 Å². The largest absolute Gasteiger partial charge is 0.454 e. The summed E-state index contributed by atoms with van der Waals surface area (Å²) in [6.07, 6.45) is 4.87. The van der Waals surface area contributed by atoms with Crippen LogP contribution >= 0.6 is 15.9 Å². The first-order chi connectivity index (χ1) is 9.79. The summed E-state index contributed by atoms with van der Waals surface area (Å²) in [6.45, 7) is 2.23. The summed E-state index contributed by atoms with van der Waals surface area (Å²) in [5.74, 6) is 1.46. The molecule has 0 aliphatic carbocycles. The molecule has 0 saturated carbocycles. The molecule has 2 aliphatic heterocycles. The Morgan fingerprint density at radius 1 is 1.15 bits per heavy atom. The van der Waals surface area contributed by atoms with Crippen molar-refractivity contribution >= 4 is 15.9 Å². The maximum Gasteiger partial charge on any atom is 0.231 e. The van der Waals surface area contributed by atoms with Gasteiger partial charge in [0.15, 0.2) is 11.5 Å². The Balaban J connectivity index is 1.89. The van der Waals surface area contributed by atoms with E-state index >= 15 is 0 Å². The van der Waals surface area contributed by atoms with Crippen molar-refractivity contribution in [3.05, 3.63) is 22.2 Å². The van der Waals surface area contributed by atoms with E-state index in [0.717, 1.165) is 34.6 Å². The molecule has 1 saturated heterocycles. The van der Waals surface area contributed by atoms with Crippen molar-refractivity contribution in [2.45, 2.75) is 31.7 Å². The van der Waals surface area contributed by atoms with Gasteiger partial charge in [-0.3, -0.25) is 4.90 Å². The molecule has 106 valence electrons. The molecule has 20 heavy (non-hydrogen) atoms. The predicted molar refractivity (Wildman–Crippen MR) is 78.7 cm³/mol. The molecule has 0 amide bonds. The van der Waals surface area contributed by atoms with Crippen LogP contribution in [-0.4, -0.2) is 24.8 Å². The molecule has 1 atom stereocenters. The lowest BCUT2D eigenvalue weighted by Gasteiger charge is -2.25. The van der Waals surface area contributed by atoms with Crippen LogP contribution in [0.3, 0.4) is 0 Å². The lowest BCUT2D eigenvalue weighted by Crippen LogP contribution is -2.28. The quantitative estimate of drug-likeness (QED) is 0.827. The number of halogens is 1. The molecule has 0 aromatic heterocycles. The van der Waals surface area contributed by atoms with E-state index in [1.165, 1.54) is 25.7 Å². The smallest absolute Gasteiger partial charge is 0.231 e. The van der Waals surface area contributed by atoms with Crippen LogP contribution in [0.2, 0.25) is 0 Å². The van der Waals surface area contributed by atoms with E-state index in [9.17, 15) is 5.26 Å². The summed E-state index contributed by atoms with van der Waals surface area (Å²) in [7, 11) is 0. The summed E-state index contributed by atoms with van der Waals surface area (Å²) in [6, 6.07) is 6.15. The number of ether oxygens (including phenoxy) is 2. The van der Waals surface area contributed by atoms with Crippen LogP contribution in [0.15, 0.2) is 16.6 Å². The van der Waals surface area contributed by atoms with Crippen molar-refractivity contribution in [3.63, 3.8) is 0 Å². The number of hydrogen-bond acceptors (Lipinski definition) is 4. The van der Waals surface area contributed by atoms with Gasteiger partial charge in [-0.15, -0.1) is 0 Å². The van der Waals surface area contributed by atoms with E-state index in [4.69, 9.17) is 9.47 Å². The maximum atomic E-state index is 9.58. The Labute approximate surface area is 127 Å². The third-order valence-electron chi connectivity index (χ3n) is 3.89. The van der Waals surface area contributed by atoms with E-state index in [-0.39, 0.29) is 12.8 Å². The zero-order chi connectivity index (χ0) is 13.9. The molecule has 2 heterocycles. The van der Waals surface area contributed by atoms with E-state index in [1.807, 2.05) is 12.1 Å². The number of likely N-dealkylation sites (tertiary alicyclic amines) is 1. The van der Waals surface area contributed by atoms with E-state index in [2.05, 4.69) is 26.9 Å². The number of hydrogen-bond donors (Lipinski definition) is 0. The minimum Gasteiger partial charge on any atom is -0.454 e. The average molecular weight is 337 g/mol. The lowest BCUT2D eigenvalue weighted by molar-refractivity contribution is 0.173. The zero-order valence-electron chi connectivity index (χ0n) is 11.3. The number of benzene rings is 1. The van der Waals surface area contributed by atoms with E-state index < -0.39 is 0 Å². The van der Waals surface area contributed by atoms with Gasteiger partial charge in [-0.2, -0.15) is 5.26 Å². The van der Waals surface area contributed by atoms with E-state index in [1.54, 1.807) is 0 Å². The number of nitriles is 1. The molecule has 1 aromatic carbocycles. The van der Waals surface area contributed by atoms with Crippen molar-refractivity contribution in [3.8, 4) is 17.6 Å². The molecule has 3 rings (SSSR count). The zero-order valence-corrected chi connectivity index (χ0v) is 12.9. The van der Waals surface area contributed by atoms with Gasteiger partial charge in [0, 0.05) is 0 Å². The topological polar surface area (TPSA) is 45.5 Å². The Morgan fingerprint density at radius 2 is 1.90 bits per heavy atom. The fourth-order valence-electron chi connectivity index (χ4n) is 2.87. The lowest BCUT2D eigenvalue weighted by atomic mass is 10.1. The van der Waals surface area contributed by atoms with Gasteiger partial charge >= 0.3 is 0 Å². The summed E-state index contributed by atoms with van der Waals surface area (Å²) < 4.78 is 11.7. The summed E-state index contributed by atoms with van der Waals surface area (Å²) in [4.78, 5) is 2.27. The third kappa shape index (κ3) is 2.63. The van der Waals surface area contributed by atoms with Crippen molar-refractivity contribution < 1.29 is 9.47 Å². The number of rotatable bonds is 2. The van der Waals surface area contributed by atoms with Crippen molar-refractivity contribution in [2.24, 2.45) is 0 Å².